The van der Waals surface area contributed by atoms with E-state index in [9.17, 15) is 14.9 Å². The molecule has 0 atom stereocenters. The van der Waals surface area contributed by atoms with Crippen LogP contribution in [0.1, 0.15) is 10.5 Å². The fourth-order valence-corrected chi connectivity index (χ4v) is 3.26. The Morgan fingerprint density at radius 2 is 2.00 bits per heavy atom. The number of aromatic nitrogens is 1. The average Bonchev–Trinajstić information content (AvgIpc) is 3.21. The van der Waals surface area contributed by atoms with Crippen LogP contribution in [0, 0.1) is 10.1 Å². The van der Waals surface area contributed by atoms with Crippen LogP contribution in [0.5, 0.6) is 5.75 Å². The molecule has 3 aromatic rings. The zero-order chi connectivity index (χ0) is 17.3. The molecule has 0 saturated carbocycles. The number of rotatable bonds is 5. The van der Waals surface area contributed by atoms with Crippen LogP contribution in [-0.4, -0.2) is 22.9 Å². The molecule has 122 valence electrons. The molecule has 3 rings (SSSR count). The number of H-pyrrole nitrogens is 1. The van der Waals surface area contributed by atoms with Crippen molar-refractivity contribution in [1.82, 2.24) is 4.98 Å². The Bertz CT molecular complexity index is 898. The number of nitrogens with one attached hydrogen (secondary N) is 1. The average molecular weight is 343 g/mol. The molecule has 0 bridgehead atoms. The lowest BCUT2D eigenvalue weighted by atomic mass is 10.1. The number of ether oxygens (including phenoxy) is 1. The molecule has 1 aromatic carbocycles. The summed E-state index contributed by atoms with van der Waals surface area (Å²) < 4.78 is 5.09. The van der Waals surface area contributed by atoms with E-state index in [0.29, 0.717) is 16.2 Å². The molecule has 0 saturated heterocycles. The third-order valence-electron chi connectivity index (χ3n) is 3.55. The summed E-state index contributed by atoms with van der Waals surface area (Å²) in [4.78, 5) is 26.4. The largest absolute Gasteiger partial charge is 0.497 e. The smallest absolute Gasteiger partial charge is 0.304 e. The van der Waals surface area contributed by atoms with Crippen molar-refractivity contribution in [2.24, 2.45) is 5.73 Å². The van der Waals surface area contributed by atoms with Gasteiger partial charge in [-0.1, -0.05) is 6.07 Å². The first-order valence-electron chi connectivity index (χ1n) is 6.91. The molecule has 0 unspecified atom stereocenters. The summed E-state index contributed by atoms with van der Waals surface area (Å²) in [5, 5.41) is 13.5. The van der Waals surface area contributed by atoms with Gasteiger partial charge >= 0.3 is 5.69 Å². The Kier molecular flexibility index (Phi) is 4.05. The van der Waals surface area contributed by atoms with Gasteiger partial charge in [0.15, 0.2) is 0 Å². The third-order valence-corrected chi connectivity index (χ3v) is 4.44. The fourth-order valence-electron chi connectivity index (χ4n) is 2.48. The number of primary amides is 1. The molecule has 24 heavy (non-hydrogen) atoms. The Hall–Kier alpha value is -3.13. The predicted octanol–water partition coefficient (Wildman–Crippen LogP) is 3.43. The van der Waals surface area contributed by atoms with E-state index < -0.39 is 10.8 Å². The molecule has 7 nitrogen and oxygen atoms in total. The lowest BCUT2D eigenvalue weighted by Gasteiger charge is -2.02. The quantitative estimate of drug-likeness (QED) is 0.546. The van der Waals surface area contributed by atoms with Crippen LogP contribution in [-0.2, 0) is 0 Å². The first-order chi connectivity index (χ1) is 11.5. The van der Waals surface area contributed by atoms with E-state index >= 15 is 0 Å². The van der Waals surface area contributed by atoms with Crippen molar-refractivity contribution in [1.29, 1.82) is 0 Å². The second-order valence-corrected chi connectivity index (χ2v) is 5.87. The number of nitrogens with zero attached hydrogens (tertiary/aromatic N) is 1. The minimum Gasteiger partial charge on any atom is -0.497 e. The number of carbonyl (C=O) groups excluding carboxylic acids is 1. The van der Waals surface area contributed by atoms with Crippen LogP contribution in [0.15, 0.2) is 41.8 Å². The molecule has 0 aliphatic heterocycles. The molecule has 0 aliphatic rings. The molecule has 0 fully saturated rings. The maximum atomic E-state index is 11.8. The van der Waals surface area contributed by atoms with Crippen molar-refractivity contribution < 1.29 is 14.5 Å². The van der Waals surface area contributed by atoms with Gasteiger partial charge in [0.05, 0.1) is 12.0 Å². The second kappa shape index (κ2) is 6.17. The van der Waals surface area contributed by atoms with Gasteiger partial charge in [-0.15, -0.1) is 11.3 Å². The normalized spacial score (nSPS) is 10.5. The van der Waals surface area contributed by atoms with Crippen LogP contribution < -0.4 is 10.5 Å². The van der Waals surface area contributed by atoms with Crippen LogP contribution in [0.2, 0.25) is 0 Å². The predicted molar refractivity (Wildman–Crippen MR) is 91.3 cm³/mol. The standard InChI is InChI=1S/C16H13N3O4S/c1-23-10-6-4-9(5-7-10)13-15(19(21)22)12(11-3-2-8-24-11)14(18-13)16(17)20/h2-8,18H,1H3,(H2,17,20). The molecule has 2 heterocycles. The number of amides is 1. The van der Waals surface area contributed by atoms with Crippen LogP contribution in [0.3, 0.4) is 0 Å². The molecule has 2 aromatic heterocycles. The molecule has 3 N–H and O–H groups in total. The molecular weight excluding hydrogens is 330 g/mol. The van der Waals surface area contributed by atoms with Crippen LogP contribution in [0.25, 0.3) is 21.7 Å². The van der Waals surface area contributed by atoms with Crippen LogP contribution >= 0.6 is 11.3 Å². The van der Waals surface area contributed by atoms with Gasteiger partial charge in [0.2, 0.25) is 0 Å². The second-order valence-electron chi connectivity index (χ2n) is 4.93. The molecule has 0 aliphatic carbocycles. The first-order valence-corrected chi connectivity index (χ1v) is 7.79. The highest BCUT2D eigenvalue weighted by atomic mass is 32.1. The van der Waals surface area contributed by atoms with E-state index in [0.717, 1.165) is 0 Å². The van der Waals surface area contributed by atoms with E-state index in [4.69, 9.17) is 10.5 Å². The molecule has 1 amide bonds. The Balaban J connectivity index is 2.28. The summed E-state index contributed by atoms with van der Waals surface area (Å²) in [6, 6.07) is 10.2. The summed E-state index contributed by atoms with van der Waals surface area (Å²) in [5.74, 6) is -0.122. The zero-order valence-electron chi connectivity index (χ0n) is 12.6. The Morgan fingerprint density at radius 3 is 2.50 bits per heavy atom. The Labute approximate surface area is 140 Å². The highest BCUT2D eigenvalue weighted by Crippen LogP contribution is 2.43. The number of nitrogens with two attached hydrogens (primary N) is 1. The van der Waals surface area contributed by atoms with Gasteiger partial charge in [0, 0.05) is 10.4 Å². The van der Waals surface area contributed by atoms with Gasteiger partial charge in [0.1, 0.15) is 22.7 Å². The number of hydrogen-bond donors (Lipinski definition) is 2. The molecular formula is C16H13N3O4S. The highest BCUT2D eigenvalue weighted by molar-refractivity contribution is 7.13. The van der Waals surface area contributed by atoms with Crippen molar-refractivity contribution in [3.05, 3.63) is 57.6 Å². The summed E-state index contributed by atoms with van der Waals surface area (Å²) in [5.41, 5.74) is 6.29. The molecule has 0 spiro atoms. The van der Waals surface area contributed by atoms with E-state index in [1.165, 1.54) is 18.4 Å². The van der Waals surface area contributed by atoms with Gasteiger partial charge in [-0.05, 0) is 35.7 Å². The van der Waals surface area contributed by atoms with Crippen molar-refractivity contribution >= 4 is 22.9 Å². The number of aromatic amines is 1. The number of hydrogen-bond acceptors (Lipinski definition) is 5. The van der Waals surface area contributed by atoms with Gasteiger partial charge in [-0.3, -0.25) is 14.9 Å². The SMILES string of the molecule is COc1ccc(-c2[nH]c(C(N)=O)c(-c3cccs3)c2[N+](=O)[O-])cc1. The van der Waals surface area contributed by atoms with Gasteiger partial charge in [0.25, 0.3) is 5.91 Å². The summed E-state index contributed by atoms with van der Waals surface area (Å²) in [6.45, 7) is 0. The fraction of sp³-hybridized carbons (Fsp3) is 0.0625. The number of nitro groups is 1. The van der Waals surface area contributed by atoms with E-state index in [2.05, 4.69) is 4.98 Å². The van der Waals surface area contributed by atoms with Crippen LogP contribution in [0.4, 0.5) is 5.69 Å². The number of benzene rings is 1. The zero-order valence-corrected chi connectivity index (χ0v) is 13.4. The number of thiophene rings is 1. The maximum absolute atomic E-state index is 11.8. The molecule has 8 heteroatoms. The van der Waals surface area contributed by atoms with Gasteiger partial charge in [-0.2, -0.15) is 0 Å². The highest BCUT2D eigenvalue weighted by Gasteiger charge is 2.31. The summed E-state index contributed by atoms with van der Waals surface area (Å²) in [7, 11) is 1.53. The Morgan fingerprint density at radius 1 is 1.29 bits per heavy atom. The number of carbonyl (C=O) groups is 1. The monoisotopic (exact) mass is 343 g/mol. The van der Waals surface area contributed by atoms with Gasteiger partial charge in [-0.25, -0.2) is 0 Å². The van der Waals surface area contributed by atoms with Crippen molar-refractivity contribution in [2.75, 3.05) is 7.11 Å². The minimum absolute atomic E-state index is 0.0231. The van der Waals surface area contributed by atoms with Gasteiger partial charge < -0.3 is 15.5 Å². The summed E-state index contributed by atoms with van der Waals surface area (Å²) in [6.07, 6.45) is 0. The third kappa shape index (κ3) is 2.63. The lowest BCUT2D eigenvalue weighted by molar-refractivity contribution is -0.383. The van der Waals surface area contributed by atoms with E-state index in [-0.39, 0.29) is 22.6 Å². The van der Waals surface area contributed by atoms with E-state index in [1.807, 2.05) is 0 Å². The molecule has 0 radical (unpaired) electrons. The van der Waals surface area contributed by atoms with Crippen molar-refractivity contribution in [3.8, 4) is 27.4 Å². The number of methoxy groups -OCH3 is 1. The van der Waals surface area contributed by atoms with Crippen molar-refractivity contribution in [3.63, 3.8) is 0 Å². The van der Waals surface area contributed by atoms with E-state index in [1.54, 1.807) is 41.8 Å². The maximum Gasteiger partial charge on any atom is 0.304 e. The lowest BCUT2D eigenvalue weighted by Crippen LogP contribution is -2.12. The topological polar surface area (TPSA) is 111 Å². The minimum atomic E-state index is -0.749. The van der Waals surface area contributed by atoms with Crippen molar-refractivity contribution in [2.45, 2.75) is 0 Å². The first kappa shape index (κ1) is 15.8. The summed E-state index contributed by atoms with van der Waals surface area (Å²) >= 11 is 1.30.